The number of carbonyl (C=O) groups is 2. The van der Waals surface area contributed by atoms with Crippen LogP contribution in [0.3, 0.4) is 0 Å². The summed E-state index contributed by atoms with van der Waals surface area (Å²) < 4.78 is 5.25. The van der Waals surface area contributed by atoms with Gasteiger partial charge in [0.25, 0.3) is 5.91 Å². The lowest BCUT2D eigenvalue weighted by Gasteiger charge is -2.36. The van der Waals surface area contributed by atoms with Crippen LogP contribution in [0.25, 0.3) is 0 Å². The largest absolute Gasteiger partial charge is 0.456 e. The third-order valence-electron chi connectivity index (χ3n) is 7.82. The molecule has 0 radical (unpaired) electrons. The fourth-order valence-electron chi connectivity index (χ4n) is 6.00. The Morgan fingerprint density at radius 2 is 1.68 bits per heavy atom. The minimum absolute atomic E-state index is 0.217. The molecule has 2 aromatic rings. The normalized spacial score (nSPS) is 24.2. The summed E-state index contributed by atoms with van der Waals surface area (Å²) in [6.45, 7) is 4.80. The number of piperazine rings is 1. The molecule has 3 atom stereocenters. The van der Waals surface area contributed by atoms with E-state index in [1.54, 1.807) is 0 Å². The Bertz CT molecular complexity index is 970. The molecule has 6 heteroatoms. The number of ether oxygens (including phenoxy) is 1. The molecule has 0 spiro atoms. The van der Waals surface area contributed by atoms with Gasteiger partial charge in [-0.15, -0.1) is 0 Å². The lowest BCUT2D eigenvalue weighted by atomic mass is 9.86. The van der Waals surface area contributed by atoms with Crippen LogP contribution in [0.2, 0.25) is 0 Å². The van der Waals surface area contributed by atoms with Crippen molar-refractivity contribution in [3.8, 4) is 0 Å². The topological polar surface area (TPSA) is 61.9 Å². The van der Waals surface area contributed by atoms with Gasteiger partial charge in [0.2, 0.25) is 0 Å². The van der Waals surface area contributed by atoms with Gasteiger partial charge in [0, 0.05) is 50.5 Å². The Morgan fingerprint density at radius 1 is 0.912 bits per heavy atom. The SMILES string of the molecule is O=C(COC(=O)CC1CC2CCC1C2)Nc1ccc(N2CCN(Cc3ccccc3)CC2)cc1. The molecule has 2 aromatic carbocycles. The monoisotopic (exact) mass is 461 g/mol. The number of nitrogens with one attached hydrogen (secondary N) is 1. The van der Waals surface area contributed by atoms with Crippen molar-refractivity contribution in [2.45, 2.75) is 38.6 Å². The van der Waals surface area contributed by atoms with E-state index >= 15 is 0 Å². The second-order valence-corrected chi connectivity index (χ2v) is 10.1. The Balaban J connectivity index is 1.02. The van der Waals surface area contributed by atoms with Gasteiger partial charge < -0.3 is 15.0 Å². The second kappa shape index (κ2) is 10.6. The van der Waals surface area contributed by atoms with Crippen molar-refractivity contribution in [3.63, 3.8) is 0 Å². The van der Waals surface area contributed by atoms with Gasteiger partial charge in [0.1, 0.15) is 0 Å². The van der Waals surface area contributed by atoms with E-state index in [4.69, 9.17) is 4.74 Å². The molecule has 1 heterocycles. The van der Waals surface area contributed by atoms with E-state index in [1.165, 1.54) is 24.8 Å². The van der Waals surface area contributed by atoms with Crippen molar-refractivity contribution in [1.29, 1.82) is 0 Å². The molecule has 180 valence electrons. The fourth-order valence-corrected chi connectivity index (χ4v) is 6.00. The van der Waals surface area contributed by atoms with Gasteiger partial charge in [0.15, 0.2) is 6.61 Å². The van der Waals surface area contributed by atoms with Gasteiger partial charge in [-0.1, -0.05) is 36.8 Å². The van der Waals surface area contributed by atoms with E-state index in [0.717, 1.165) is 56.4 Å². The molecular weight excluding hydrogens is 426 g/mol. The van der Waals surface area contributed by atoms with Crippen LogP contribution in [0.4, 0.5) is 11.4 Å². The first-order chi connectivity index (χ1) is 16.6. The third kappa shape index (κ3) is 5.79. The maximum absolute atomic E-state index is 12.3. The van der Waals surface area contributed by atoms with E-state index in [0.29, 0.717) is 18.3 Å². The number of rotatable bonds is 8. The van der Waals surface area contributed by atoms with Crippen LogP contribution >= 0.6 is 0 Å². The summed E-state index contributed by atoms with van der Waals surface area (Å²) >= 11 is 0. The zero-order valence-electron chi connectivity index (χ0n) is 19.8. The first-order valence-electron chi connectivity index (χ1n) is 12.7. The number of amides is 1. The van der Waals surface area contributed by atoms with Gasteiger partial charge in [-0.2, -0.15) is 0 Å². The summed E-state index contributed by atoms with van der Waals surface area (Å²) in [7, 11) is 0. The molecule has 3 unspecified atom stereocenters. The zero-order chi connectivity index (χ0) is 23.3. The highest BCUT2D eigenvalue weighted by molar-refractivity contribution is 5.93. The molecule has 2 saturated carbocycles. The number of esters is 1. The molecule has 3 aliphatic rings. The molecule has 2 bridgehead atoms. The molecule has 6 nitrogen and oxygen atoms in total. The minimum Gasteiger partial charge on any atom is -0.456 e. The summed E-state index contributed by atoms with van der Waals surface area (Å²) in [5, 5.41) is 2.84. The number of hydrogen-bond donors (Lipinski definition) is 1. The lowest BCUT2D eigenvalue weighted by molar-refractivity contribution is -0.148. The van der Waals surface area contributed by atoms with Gasteiger partial charge in [-0.3, -0.25) is 14.5 Å². The Labute approximate surface area is 202 Å². The zero-order valence-corrected chi connectivity index (χ0v) is 19.8. The number of carbonyl (C=O) groups excluding carboxylic acids is 2. The average Bonchev–Trinajstić information content (AvgIpc) is 3.48. The van der Waals surface area contributed by atoms with Crippen LogP contribution in [0, 0.1) is 17.8 Å². The summed E-state index contributed by atoms with van der Waals surface area (Å²) in [5.74, 6) is 1.43. The maximum Gasteiger partial charge on any atom is 0.306 e. The molecule has 1 saturated heterocycles. The van der Waals surface area contributed by atoms with E-state index in [-0.39, 0.29) is 18.5 Å². The van der Waals surface area contributed by atoms with E-state index < -0.39 is 0 Å². The van der Waals surface area contributed by atoms with Gasteiger partial charge >= 0.3 is 5.97 Å². The van der Waals surface area contributed by atoms with Crippen molar-refractivity contribution in [2.75, 3.05) is 43.0 Å². The standard InChI is InChI=1S/C28H35N3O3/c32-27(20-34-28(33)18-24-17-22-6-7-23(24)16-22)29-25-8-10-26(11-9-25)31-14-12-30(13-15-31)19-21-4-2-1-3-5-21/h1-5,8-11,22-24H,6-7,12-20H2,(H,29,32). The summed E-state index contributed by atoms with van der Waals surface area (Å²) in [6, 6.07) is 18.5. The number of nitrogens with zero attached hydrogens (tertiary/aromatic N) is 2. The molecular formula is C28H35N3O3. The molecule has 5 rings (SSSR count). The van der Waals surface area contributed by atoms with Crippen molar-refractivity contribution in [2.24, 2.45) is 17.8 Å². The summed E-state index contributed by atoms with van der Waals surface area (Å²) in [6.07, 6.45) is 5.46. The fraction of sp³-hybridized carbons (Fsp3) is 0.500. The van der Waals surface area contributed by atoms with Crippen LogP contribution in [-0.2, 0) is 20.9 Å². The molecule has 2 aliphatic carbocycles. The van der Waals surface area contributed by atoms with E-state index in [2.05, 4.69) is 45.4 Å². The summed E-state index contributed by atoms with van der Waals surface area (Å²) in [5.41, 5.74) is 3.24. The van der Waals surface area contributed by atoms with Crippen molar-refractivity contribution in [1.82, 2.24) is 4.90 Å². The Morgan fingerprint density at radius 3 is 2.35 bits per heavy atom. The van der Waals surface area contributed by atoms with Crippen LogP contribution in [-0.4, -0.2) is 49.6 Å². The van der Waals surface area contributed by atoms with Crippen molar-refractivity contribution < 1.29 is 14.3 Å². The summed E-state index contributed by atoms with van der Waals surface area (Å²) in [4.78, 5) is 29.3. The highest BCUT2D eigenvalue weighted by Crippen LogP contribution is 2.49. The highest BCUT2D eigenvalue weighted by atomic mass is 16.5. The van der Waals surface area contributed by atoms with Crippen LogP contribution in [0.5, 0.6) is 0 Å². The maximum atomic E-state index is 12.3. The highest BCUT2D eigenvalue weighted by Gasteiger charge is 2.40. The van der Waals surface area contributed by atoms with Gasteiger partial charge in [-0.05, 0) is 66.8 Å². The quantitative estimate of drug-likeness (QED) is 0.594. The predicted octanol–water partition coefficient (Wildman–Crippen LogP) is 4.32. The van der Waals surface area contributed by atoms with Crippen LogP contribution in [0.15, 0.2) is 54.6 Å². The average molecular weight is 462 g/mol. The smallest absolute Gasteiger partial charge is 0.306 e. The molecule has 3 fully saturated rings. The molecule has 0 aromatic heterocycles. The van der Waals surface area contributed by atoms with Crippen LogP contribution < -0.4 is 10.2 Å². The van der Waals surface area contributed by atoms with Gasteiger partial charge in [-0.25, -0.2) is 0 Å². The first-order valence-corrected chi connectivity index (χ1v) is 12.7. The van der Waals surface area contributed by atoms with Crippen LogP contribution in [0.1, 0.15) is 37.7 Å². The van der Waals surface area contributed by atoms with E-state index in [9.17, 15) is 9.59 Å². The lowest BCUT2D eigenvalue weighted by Crippen LogP contribution is -2.45. The third-order valence-corrected chi connectivity index (χ3v) is 7.82. The number of benzene rings is 2. The number of hydrogen-bond acceptors (Lipinski definition) is 5. The molecule has 1 aliphatic heterocycles. The Hall–Kier alpha value is -2.86. The number of anilines is 2. The minimum atomic E-state index is -0.288. The molecule has 1 amide bonds. The molecule has 34 heavy (non-hydrogen) atoms. The number of fused-ring (bicyclic) bond motifs is 2. The first kappa shape index (κ1) is 22.9. The Kier molecular flexibility index (Phi) is 7.14. The van der Waals surface area contributed by atoms with Crippen molar-refractivity contribution >= 4 is 23.3 Å². The van der Waals surface area contributed by atoms with Gasteiger partial charge in [0.05, 0.1) is 0 Å². The second-order valence-electron chi connectivity index (χ2n) is 10.1. The molecule has 1 N–H and O–H groups in total. The predicted molar refractivity (Wildman–Crippen MR) is 134 cm³/mol. The van der Waals surface area contributed by atoms with Crippen molar-refractivity contribution in [3.05, 3.63) is 60.2 Å². The van der Waals surface area contributed by atoms with E-state index in [1.807, 2.05) is 24.3 Å².